The Morgan fingerprint density at radius 3 is 1.95 bits per heavy atom. The maximum Gasteiger partial charge on any atom is 0.329 e. The number of hydrogen-bond donors (Lipinski definition) is 4. The summed E-state index contributed by atoms with van der Waals surface area (Å²) in [4.78, 5) is 39.1. The average Bonchev–Trinajstić information content (AvgIpc) is 2.28. The first kappa shape index (κ1) is 16.4. The predicted octanol–water partition coefficient (Wildman–Crippen LogP) is 1.08. The predicted molar refractivity (Wildman–Crippen MR) is 69.3 cm³/mol. The summed E-state index contributed by atoms with van der Waals surface area (Å²) in [5.74, 6) is -3.40. The minimum Gasteiger partial charge on any atom is -0.481 e. The number of hydrogen-bond acceptors (Lipinski definition) is 3. The van der Waals surface area contributed by atoms with Crippen molar-refractivity contribution in [2.24, 2.45) is 5.92 Å². The van der Waals surface area contributed by atoms with Gasteiger partial charge >= 0.3 is 19.5 Å². The van der Waals surface area contributed by atoms with Crippen LogP contribution in [0.5, 0.6) is 0 Å². The third-order valence-electron chi connectivity index (χ3n) is 2.66. The van der Waals surface area contributed by atoms with E-state index in [0.29, 0.717) is 11.1 Å². The molecule has 0 unspecified atom stereocenters. The molecule has 8 heteroatoms. The molecule has 0 saturated heterocycles. The summed E-state index contributed by atoms with van der Waals surface area (Å²) >= 11 is 0. The average molecular weight is 302 g/mol. The van der Waals surface area contributed by atoms with E-state index in [0.717, 1.165) is 0 Å². The van der Waals surface area contributed by atoms with Gasteiger partial charge in [0.2, 0.25) is 0 Å². The molecule has 0 spiro atoms. The molecule has 0 fully saturated rings. The number of carboxylic acid groups (broad SMARTS) is 2. The van der Waals surface area contributed by atoms with Gasteiger partial charge in [-0.15, -0.1) is 0 Å². The summed E-state index contributed by atoms with van der Waals surface area (Å²) in [6, 6.07) is 6.08. The molecule has 0 heterocycles. The van der Waals surface area contributed by atoms with Crippen LogP contribution in [0.15, 0.2) is 24.3 Å². The molecule has 0 aromatic heterocycles. The van der Waals surface area contributed by atoms with E-state index >= 15 is 0 Å². The van der Waals surface area contributed by atoms with Gasteiger partial charge in [-0.05, 0) is 17.5 Å². The fourth-order valence-electron chi connectivity index (χ4n) is 1.76. The molecule has 4 N–H and O–H groups in total. The van der Waals surface area contributed by atoms with Gasteiger partial charge in [0, 0.05) is 0 Å². The van der Waals surface area contributed by atoms with Crippen molar-refractivity contribution < 1.29 is 34.2 Å². The summed E-state index contributed by atoms with van der Waals surface area (Å²) in [5, 5.41) is 17.6. The van der Waals surface area contributed by atoms with E-state index in [1.54, 1.807) is 12.1 Å². The van der Waals surface area contributed by atoms with Gasteiger partial charge in [0.1, 0.15) is 0 Å². The third kappa shape index (κ3) is 5.97. The van der Waals surface area contributed by atoms with Gasteiger partial charge in [-0.25, -0.2) is 0 Å². The molecule has 20 heavy (non-hydrogen) atoms. The van der Waals surface area contributed by atoms with E-state index < -0.39 is 31.9 Å². The largest absolute Gasteiger partial charge is 0.481 e. The molecular weight excluding hydrogens is 287 g/mol. The summed E-state index contributed by atoms with van der Waals surface area (Å²) in [7, 11) is -4.14. The molecule has 1 aromatic carbocycles. The maximum atomic E-state index is 10.9. The van der Waals surface area contributed by atoms with Crippen LogP contribution in [0.3, 0.4) is 0 Å². The Kier molecular flexibility index (Phi) is 5.44. The van der Waals surface area contributed by atoms with Gasteiger partial charge < -0.3 is 20.0 Å². The minimum absolute atomic E-state index is 0.0534. The Labute approximate surface area is 115 Å². The summed E-state index contributed by atoms with van der Waals surface area (Å²) in [6.07, 6.45) is -0.803. The van der Waals surface area contributed by atoms with Gasteiger partial charge in [0.15, 0.2) is 0 Å². The van der Waals surface area contributed by atoms with Crippen LogP contribution in [-0.2, 0) is 26.7 Å². The molecule has 1 aromatic rings. The van der Waals surface area contributed by atoms with Gasteiger partial charge in [-0.1, -0.05) is 24.3 Å². The minimum atomic E-state index is -4.14. The quantitative estimate of drug-likeness (QED) is 0.554. The van der Waals surface area contributed by atoms with Crippen LogP contribution < -0.4 is 0 Å². The van der Waals surface area contributed by atoms with Gasteiger partial charge in [0.05, 0.1) is 18.5 Å². The number of benzene rings is 1. The number of rotatable bonds is 7. The molecule has 7 nitrogen and oxygen atoms in total. The first-order valence-corrected chi connectivity index (χ1v) is 7.54. The number of carboxylic acids is 2. The van der Waals surface area contributed by atoms with Gasteiger partial charge in [-0.2, -0.15) is 0 Å². The van der Waals surface area contributed by atoms with Crippen molar-refractivity contribution in [2.45, 2.75) is 19.0 Å². The van der Waals surface area contributed by atoms with Crippen molar-refractivity contribution in [1.29, 1.82) is 0 Å². The van der Waals surface area contributed by atoms with Gasteiger partial charge in [0.25, 0.3) is 0 Å². The van der Waals surface area contributed by atoms with Crippen molar-refractivity contribution >= 4 is 19.5 Å². The van der Waals surface area contributed by atoms with E-state index in [-0.39, 0.29) is 12.6 Å². The highest BCUT2D eigenvalue weighted by Gasteiger charge is 2.21. The lowest BCUT2D eigenvalue weighted by Crippen LogP contribution is -2.20. The second kappa shape index (κ2) is 6.65. The summed E-state index contributed by atoms with van der Waals surface area (Å²) < 4.78 is 10.8. The van der Waals surface area contributed by atoms with Crippen molar-refractivity contribution in [3.8, 4) is 0 Å². The van der Waals surface area contributed by atoms with E-state index in [4.69, 9.17) is 20.0 Å². The summed E-state index contributed by atoms with van der Waals surface area (Å²) in [6.45, 7) is 0. The van der Waals surface area contributed by atoms with E-state index in [9.17, 15) is 14.2 Å². The van der Waals surface area contributed by atoms with Gasteiger partial charge in [-0.3, -0.25) is 14.2 Å². The first-order valence-electron chi connectivity index (χ1n) is 5.74. The topological polar surface area (TPSA) is 132 Å². The first-order chi connectivity index (χ1) is 9.17. The normalized spacial score (nSPS) is 12.9. The molecule has 110 valence electrons. The van der Waals surface area contributed by atoms with Crippen LogP contribution in [0.25, 0.3) is 0 Å². The zero-order valence-corrected chi connectivity index (χ0v) is 11.4. The zero-order chi connectivity index (χ0) is 15.3. The summed E-state index contributed by atoms with van der Waals surface area (Å²) in [5.41, 5.74) is 1.04. The monoisotopic (exact) mass is 302 g/mol. The van der Waals surface area contributed by atoms with Crippen LogP contribution in [-0.4, -0.2) is 31.9 Å². The molecule has 1 rings (SSSR count). The second-order valence-electron chi connectivity index (χ2n) is 4.48. The van der Waals surface area contributed by atoms with E-state index in [1.807, 2.05) is 0 Å². The second-order valence-corrected chi connectivity index (χ2v) is 6.12. The van der Waals surface area contributed by atoms with Crippen LogP contribution in [0.4, 0.5) is 0 Å². The number of aliphatic carboxylic acids is 2. The molecule has 0 saturated carbocycles. The smallest absolute Gasteiger partial charge is 0.329 e. The lowest BCUT2D eigenvalue weighted by atomic mass is 9.96. The third-order valence-corrected chi connectivity index (χ3v) is 3.44. The van der Waals surface area contributed by atoms with Crippen molar-refractivity contribution in [1.82, 2.24) is 0 Å². The molecule has 1 atom stereocenters. The molecule has 0 bridgehead atoms. The van der Waals surface area contributed by atoms with Crippen LogP contribution >= 0.6 is 7.60 Å². The molecule has 0 aliphatic rings. The molecule has 0 radical (unpaired) electrons. The standard InChI is InChI=1S/C12H15O7P/c13-11(14)6-10(12(15)16)5-8-1-3-9(4-2-8)7-20(17,18)19/h1-4,10H,5-7H2,(H,13,14)(H,15,16)(H2,17,18,19)/t10-/m1/s1. The highest BCUT2D eigenvalue weighted by molar-refractivity contribution is 7.50. The Balaban J connectivity index is 2.75. The zero-order valence-electron chi connectivity index (χ0n) is 10.5. The fourth-order valence-corrected chi connectivity index (χ4v) is 2.45. The van der Waals surface area contributed by atoms with Crippen LogP contribution in [0.1, 0.15) is 17.5 Å². The lowest BCUT2D eigenvalue weighted by Gasteiger charge is -2.10. The highest BCUT2D eigenvalue weighted by Crippen LogP contribution is 2.38. The highest BCUT2D eigenvalue weighted by atomic mass is 31.2. The SMILES string of the molecule is O=C(O)C[C@@H](Cc1ccc(CP(=O)(O)O)cc1)C(=O)O. The Morgan fingerprint density at radius 1 is 1.05 bits per heavy atom. The van der Waals surface area contributed by atoms with Crippen molar-refractivity contribution in [3.05, 3.63) is 35.4 Å². The number of carbonyl (C=O) groups is 2. The maximum absolute atomic E-state index is 10.9. The molecular formula is C12H15O7P. The van der Waals surface area contributed by atoms with Crippen LogP contribution in [0, 0.1) is 5.92 Å². The van der Waals surface area contributed by atoms with Crippen molar-refractivity contribution in [2.75, 3.05) is 0 Å². The Morgan fingerprint density at radius 2 is 1.55 bits per heavy atom. The molecule has 0 aliphatic carbocycles. The Bertz CT molecular complexity index is 531. The van der Waals surface area contributed by atoms with E-state index in [2.05, 4.69) is 0 Å². The van der Waals surface area contributed by atoms with Crippen LogP contribution in [0.2, 0.25) is 0 Å². The molecule has 0 amide bonds. The fraction of sp³-hybridized carbons (Fsp3) is 0.333. The lowest BCUT2D eigenvalue weighted by molar-refractivity contribution is -0.148. The van der Waals surface area contributed by atoms with E-state index in [1.165, 1.54) is 12.1 Å². The molecule has 0 aliphatic heterocycles. The van der Waals surface area contributed by atoms with Crippen molar-refractivity contribution in [3.63, 3.8) is 0 Å². The Hall–Kier alpha value is -1.69.